The number of hydrogen-bond acceptors (Lipinski definition) is 1. The summed E-state index contributed by atoms with van der Waals surface area (Å²) in [5.41, 5.74) is 2.56. The minimum absolute atomic E-state index is 0.222. The van der Waals surface area contributed by atoms with Crippen LogP contribution in [0.3, 0.4) is 0 Å². The molecule has 0 spiro atoms. The predicted octanol–water partition coefficient (Wildman–Crippen LogP) is 4.70. The van der Waals surface area contributed by atoms with Crippen LogP contribution < -0.4 is 0 Å². The van der Waals surface area contributed by atoms with Gasteiger partial charge in [0.25, 0.3) is 0 Å². The number of aromatic carboxylic acids is 1. The molecule has 0 saturated heterocycles. The zero-order valence-corrected chi connectivity index (χ0v) is 11.9. The number of carbonyl (C=O) groups is 1. The standard InChI is InChI=1S/C15H10FNO2.C2H6/c16-11-3-1-2-9(6-11)13-8-17-14-7-10(15(18)19)4-5-12(13)14;1-2/h1-8,17H,(H,18,19);1-2H3. The van der Waals surface area contributed by atoms with Gasteiger partial charge in [0.1, 0.15) is 5.82 Å². The molecule has 0 amide bonds. The van der Waals surface area contributed by atoms with E-state index in [1.807, 2.05) is 19.9 Å². The Bertz CT molecular complexity index is 777. The third-order valence-corrected chi connectivity index (χ3v) is 3.06. The van der Waals surface area contributed by atoms with Crippen molar-refractivity contribution in [3.63, 3.8) is 0 Å². The highest BCUT2D eigenvalue weighted by Gasteiger charge is 2.09. The lowest BCUT2D eigenvalue weighted by Gasteiger charge is -2.00. The zero-order valence-electron chi connectivity index (χ0n) is 11.9. The summed E-state index contributed by atoms with van der Waals surface area (Å²) in [6, 6.07) is 11.2. The molecule has 0 atom stereocenters. The summed E-state index contributed by atoms with van der Waals surface area (Å²) in [4.78, 5) is 13.9. The number of rotatable bonds is 2. The molecule has 3 nitrogen and oxygen atoms in total. The van der Waals surface area contributed by atoms with E-state index >= 15 is 0 Å². The van der Waals surface area contributed by atoms with Gasteiger partial charge in [0.05, 0.1) is 5.56 Å². The first-order chi connectivity index (χ1) is 10.1. The normalized spacial score (nSPS) is 10.0. The fourth-order valence-corrected chi connectivity index (χ4v) is 2.15. The second kappa shape index (κ2) is 6.22. The van der Waals surface area contributed by atoms with E-state index in [-0.39, 0.29) is 11.4 Å². The molecular weight excluding hydrogens is 269 g/mol. The maximum absolute atomic E-state index is 13.2. The number of carboxylic acids is 1. The first kappa shape index (κ1) is 14.8. The number of carboxylic acid groups (broad SMARTS) is 1. The smallest absolute Gasteiger partial charge is 0.335 e. The monoisotopic (exact) mass is 285 g/mol. The third-order valence-electron chi connectivity index (χ3n) is 3.06. The fraction of sp³-hybridized carbons (Fsp3) is 0.118. The van der Waals surface area contributed by atoms with E-state index in [1.165, 1.54) is 12.1 Å². The second-order valence-corrected chi connectivity index (χ2v) is 4.28. The van der Waals surface area contributed by atoms with Gasteiger partial charge < -0.3 is 10.1 Å². The molecule has 3 rings (SSSR count). The van der Waals surface area contributed by atoms with Gasteiger partial charge >= 0.3 is 5.97 Å². The molecule has 4 heteroatoms. The van der Waals surface area contributed by atoms with Gasteiger partial charge in [0.15, 0.2) is 0 Å². The predicted molar refractivity (Wildman–Crippen MR) is 82.0 cm³/mol. The molecule has 0 saturated carbocycles. The number of benzene rings is 2. The van der Waals surface area contributed by atoms with Crippen LogP contribution in [-0.2, 0) is 0 Å². The van der Waals surface area contributed by atoms with Gasteiger partial charge in [0, 0.05) is 22.7 Å². The molecule has 2 N–H and O–H groups in total. The van der Waals surface area contributed by atoms with Crippen LogP contribution in [0, 0.1) is 5.82 Å². The maximum Gasteiger partial charge on any atom is 0.335 e. The van der Waals surface area contributed by atoms with Crippen LogP contribution in [0.5, 0.6) is 0 Å². The Morgan fingerprint density at radius 1 is 1.14 bits per heavy atom. The molecule has 0 unspecified atom stereocenters. The number of fused-ring (bicyclic) bond motifs is 1. The quantitative estimate of drug-likeness (QED) is 0.717. The number of halogens is 1. The summed E-state index contributed by atoms with van der Waals surface area (Å²) >= 11 is 0. The largest absolute Gasteiger partial charge is 0.478 e. The van der Waals surface area contributed by atoms with Gasteiger partial charge in [-0.05, 0) is 29.8 Å². The Morgan fingerprint density at radius 2 is 1.90 bits per heavy atom. The van der Waals surface area contributed by atoms with Crippen molar-refractivity contribution >= 4 is 16.9 Å². The van der Waals surface area contributed by atoms with E-state index in [0.29, 0.717) is 0 Å². The molecule has 0 fully saturated rings. The van der Waals surface area contributed by atoms with Crippen molar-refractivity contribution in [1.82, 2.24) is 4.98 Å². The highest BCUT2D eigenvalue weighted by molar-refractivity contribution is 5.99. The third kappa shape index (κ3) is 2.94. The highest BCUT2D eigenvalue weighted by atomic mass is 19.1. The van der Waals surface area contributed by atoms with Crippen LogP contribution in [0.4, 0.5) is 4.39 Å². The van der Waals surface area contributed by atoms with Crippen molar-refractivity contribution in [2.75, 3.05) is 0 Å². The topological polar surface area (TPSA) is 53.1 Å². The number of H-pyrrole nitrogens is 1. The van der Waals surface area contributed by atoms with E-state index in [1.54, 1.807) is 30.5 Å². The fourth-order valence-electron chi connectivity index (χ4n) is 2.15. The molecule has 0 radical (unpaired) electrons. The lowest BCUT2D eigenvalue weighted by Crippen LogP contribution is -1.94. The second-order valence-electron chi connectivity index (χ2n) is 4.28. The molecule has 108 valence electrons. The Kier molecular flexibility index (Phi) is 4.38. The zero-order chi connectivity index (χ0) is 15.4. The maximum atomic E-state index is 13.2. The number of aromatic amines is 1. The van der Waals surface area contributed by atoms with E-state index in [2.05, 4.69) is 4.98 Å². The van der Waals surface area contributed by atoms with E-state index < -0.39 is 5.97 Å². The lowest BCUT2D eigenvalue weighted by molar-refractivity contribution is 0.0697. The minimum atomic E-state index is -0.969. The molecular formula is C17H16FNO2. The van der Waals surface area contributed by atoms with Gasteiger partial charge in [-0.25, -0.2) is 9.18 Å². The SMILES string of the molecule is CC.O=C(O)c1ccc2c(-c3cccc(F)c3)c[nH]c2c1. The molecule has 3 aromatic rings. The first-order valence-corrected chi connectivity index (χ1v) is 6.75. The lowest BCUT2D eigenvalue weighted by atomic mass is 10.0. The van der Waals surface area contributed by atoms with Gasteiger partial charge in [-0.15, -0.1) is 0 Å². The molecule has 1 heterocycles. The van der Waals surface area contributed by atoms with Crippen molar-refractivity contribution in [3.8, 4) is 11.1 Å². The summed E-state index contributed by atoms with van der Waals surface area (Å²) in [6.45, 7) is 4.00. The summed E-state index contributed by atoms with van der Waals surface area (Å²) in [6.07, 6.45) is 1.76. The van der Waals surface area contributed by atoms with Crippen LogP contribution in [0.1, 0.15) is 24.2 Å². The number of hydrogen-bond donors (Lipinski definition) is 2. The molecule has 0 aliphatic heterocycles. The van der Waals surface area contributed by atoms with Crippen LogP contribution in [0.2, 0.25) is 0 Å². The van der Waals surface area contributed by atoms with Crippen LogP contribution in [-0.4, -0.2) is 16.1 Å². The molecule has 0 bridgehead atoms. The van der Waals surface area contributed by atoms with Gasteiger partial charge in [0.2, 0.25) is 0 Å². The van der Waals surface area contributed by atoms with Crippen LogP contribution >= 0.6 is 0 Å². The average molecular weight is 285 g/mol. The summed E-state index contributed by atoms with van der Waals surface area (Å²) in [5.74, 6) is -1.27. The van der Waals surface area contributed by atoms with Crippen molar-refractivity contribution in [1.29, 1.82) is 0 Å². The summed E-state index contributed by atoms with van der Waals surface area (Å²) in [7, 11) is 0. The van der Waals surface area contributed by atoms with Crippen LogP contribution in [0.25, 0.3) is 22.0 Å². The first-order valence-electron chi connectivity index (χ1n) is 6.75. The minimum Gasteiger partial charge on any atom is -0.478 e. The molecule has 21 heavy (non-hydrogen) atoms. The van der Waals surface area contributed by atoms with Crippen molar-refractivity contribution in [2.24, 2.45) is 0 Å². The number of nitrogens with one attached hydrogen (secondary N) is 1. The molecule has 0 aliphatic carbocycles. The average Bonchev–Trinajstić information content (AvgIpc) is 2.92. The molecule has 1 aromatic heterocycles. The van der Waals surface area contributed by atoms with Crippen molar-refractivity contribution < 1.29 is 14.3 Å². The number of aromatic nitrogens is 1. The van der Waals surface area contributed by atoms with Crippen molar-refractivity contribution in [2.45, 2.75) is 13.8 Å². The Labute approximate surface area is 122 Å². The summed E-state index contributed by atoms with van der Waals surface area (Å²) in [5, 5.41) is 9.81. The van der Waals surface area contributed by atoms with Gasteiger partial charge in [-0.1, -0.05) is 32.0 Å². The Morgan fingerprint density at radius 3 is 2.57 bits per heavy atom. The summed E-state index contributed by atoms with van der Waals surface area (Å²) < 4.78 is 13.2. The molecule has 2 aromatic carbocycles. The van der Waals surface area contributed by atoms with Crippen molar-refractivity contribution in [3.05, 3.63) is 60.0 Å². The molecule has 0 aliphatic rings. The Balaban J connectivity index is 0.000000774. The highest BCUT2D eigenvalue weighted by Crippen LogP contribution is 2.29. The van der Waals surface area contributed by atoms with E-state index in [9.17, 15) is 9.18 Å². The van der Waals surface area contributed by atoms with Gasteiger partial charge in [-0.3, -0.25) is 0 Å². The van der Waals surface area contributed by atoms with Gasteiger partial charge in [-0.2, -0.15) is 0 Å². The van der Waals surface area contributed by atoms with E-state index in [4.69, 9.17) is 5.11 Å². The van der Waals surface area contributed by atoms with E-state index in [0.717, 1.165) is 22.0 Å². The Hall–Kier alpha value is -2.62. The van der Waals surface area contributed by atoms with Crippen LogP contribution in [0.15, 0.2) is 48.7 Å².